The van der Waals surface area contributed by atoms with Crippen molar-refractivity contribution in [1.29, 1.82) is 0 Å². The van der Waals surface area contributed by atoms with Crippen LogP contribution in [0, 0.1) is 18.7 Å². The second kappa shape index (κ2) is 6.71. The lowest BCUT2D eigenvalue weighted by Crippen LogP contribution is -2.35. The van der Waals surface area contributed by atoms with Gasteiger partial charge in [-0.15, -0.1) is 0 Å². The van der Waals surface area contributed by atoms with Crippen LogP contribution in [0.1, 0.15) is 31.0 Å². The summed E-state index contributed by atoms with van der Waals surface area (Å²) in [5, 5.41) is 3.80. The van der Waals surface area contributed by atoms with Crippen LogP contribution in [0.4, 0.5) is 4.39 Å². The Kier molecular flexibility index (Phi) is 4.66. The summed E-state index contributed by atoms with van der Waals surface area (Å²) < 4.78 is 19.0. The number of ether oxygens (including phenoxy) is 1. The number of hydrogen-bond acceptors (Lipinski definition) is 2. The topological polar surface area (TPSA) is 54.1 Å². The molecule has 1 aliphatic heterocycles. The van der Waals surface area contributed by atoms with E-state index in [2.05, 4.69) is 17.2 Å². The summed E-state index contributed by atoms with van der Waals surface area (Å²) in [6, 6.07) is 4.62. The van der Waals surface area contributed by atoms with Crippen LogP contribution in [-0.2, 0) is 16.0 Å². The van der Waals surface area contributed by atoms with Gasteiger partial charge in [-0.2, -0.15) is 0 Å². The van der Waals surface area contributed by atoms with Crippen LogP contribution >= 0.6 is 0 Å². The number of H-pyrrole nitrogens is 1. The third-order valence-electron chi connectivity index (χ3n) is 4.60. The molecule has 0 unspecified atom stereocenters. The molecule has 2 N–H and O–H groups in total. The second-order valence-electron chi connectivity index (χ2n) is 6.47. The molecular weight excluding hydrogens is 295 g/mol. The summed E-state index contributed by atoms with van der Waals surface area (Å²) in [6.07, 6.45) is 2.51. The zero-order chi connectivity index (χ0) is 16.4. The Labute approximate surface area is 135 Å². The fourth-order valence-corrected chi connectivity index (χ4v) is 3.34. The van der Waals surface area contributed by atoms with E-state index < -0.39 is 0 Å². The van der Waals surface area contributed by atoms with E-state index in [9.17, 15) is 9.18 Å². The van der Waals surface area contributed by atoms with Crippen LogP contribution in [0.15, 0.2) is 18.2 Å². The number of halogens is 1. The first-order valence-electron chi connectivity index (χ1n) is 8.18. The van der Waals surface area contributed by atoms with Gasteiger partial charge >= 0.3 is 0 Å². The number of fused-ring (bicyclic) bond motifs is 1. The molecule has 0 spiro atoms. The Morgan fingerprint density at radius 3 is 3.09 bits per heavy atom. The molecule has 1 aliphatic rings. The number of nitrogens with one attached hydrogen (secondary N) is 2. The van der Waals surface area contributed by atoms with Crippen LogP contribution in [0.5, 0.6) is 0 Å². The minimum absolute atomic E-state index is 0.0163. The molecule has 2 heterocycles. The van der Waals surface area contributed by atoms with E-state index in [1.807, 2.05) is 6.92 Å². The molecule has 124 valence electrons. The van der Waals surface area contributed by atoms with Gasteiger partial charge in [-0.05, 0) is 56.4 Å². The lowest BCUT2D eigenvalue weighted by atomic mass is 9.96. The van der Waals surface area contributed by atoms with Crippen LogP contribution in [-0.4, -0.2) is 30.1 Å². The first kappa shape index (κ1) is 16.0. The van der Waals surface area contributed by atoms with Crippen molar-refractivity contribution >= 4 is 16.8 Å². The van der Waals surface area contributed by atoms with Gasteiger partial charge < -0.3 is 15.0 Å². The number of amides is 1. The third-order valence-corrected chi connectivity index (χ3v) is 4.60. The fourth-order valence-electron chi connectivity index (χ4n) is 3.34. The minimum atomic E-state index is -0.283. The predicted molar refractivity (Wildman–Crippen MR) is 87.8 cm³/mol. The molecule has 0 saturated carbocycles. The van der Waals surface area contributed by atoms with E-state index in [4.69, 9.17) is 4.74 Å². The van der Waals surface area contributed by atoms with Gasteiger partial charge in [0.1, 0.15) is 5.82 Å². The first-order valence-corrected chi connectivity index (χ1v) is 8.18. The Morgan fingerprint density at radius 1 is 1.48 bits per heavy atom. The minimum Gasteiger partial charge on any atom is -0.378 e. The number of benzene rings is 1. The molecule has 3 rings (SSSR count). The van der Waals surface area contributed by atoms with Gasteiger partial charge in [0, 0.05) is 29.7 Å². The van der Waals surface area contributed by atoms with E-state index >= 15 is 0 Å². The molecule has 1 aromatic carbocycles. The standard InChI is InChI=1S/C18H23FN2O2/c1-11-7-13(5-6-23-11)10-20-18(22)9-15-12(2)21-17-4-3-14(19)8-16(15)17/h3-4,8,11,13,21H,5-7,9-10H2,1-2H3,(H,20,22)/t11-,13+/m1/s1. The van der Waals surface area contributed by atoms with Crippen LogP contribution in [0.2, 0.25) is 0 Å². The van der Waals surface area contributed by atoms with Gasteiger partial charge in [-0.3, -0.25) is 4.79 Å². The number of rotatable bonds is 4. The summed E-state index contributed by atoms with van der Waals surface area (Å²) in [4.78, 5) is 15.5. The largest absolute Gasteiger partial charge is 0.378 e. The molecule has 0 radical (unpaired) electrons. The van der Waals surface area contributed by atoms with Crippen molar-refractivity contribution in [2.45, 2.75) is 39.2 Å². The molecule has 2 atom stereocenters. The van der Waals surface area contributed by atoms with Crippen LogP contribution in [0.3, 0.4) is 0 Å². The zero-order valence-electron chi connectivity index (χ0n) is 13.6. The maximum absolute atomic E-state index is 13.5. The Bertz CT molecular complexity index is 710. The monoisotopic (exact) mass is 318 g/mol. The predicted octanol–water partition coefficient (Wildman–Crippen LogP) is 3.09. The Hall–Kier alpha value is -1.88. The summed E-state index contributed by atoms with van der Waals surface area (Å²) in [7, 11) is 0. The highest BCUT2D eigenvalue weighted by molar-refractivity contribution is 5.90. The van der Waals surface area contributed by atoms with Gasteiger partial charge in [0.15, 0.2) is 0 Å². The van der Waals surface area contributed by atoms with Crippen molar-refractivity contribution in [2.24, 2.45) is 5.92 Å². The summed E-state index contributed by atoms with van der Waals surface area (Å²) in [5.41, 5.74) is 2.66. The molecule has 4 nitrogen and oxygen atoms in total. The van der Waals surface area contributed by atoms with Crippen molar-refractivity contribution in [2.75, 3.05) is 13.2 Å². The van der Waals surface area contributed by atoms with E-state index in [0.717, 1.165) is 41.6 Å². The number of aromatic nitrogens is 1. The fraction of sp³-hybridized carbons (Fsp3) is 0.500. The van der Waals surface area contributed by atoms with Gasteiger partial charge in [-0.25, -0.2) is 4.39 Å². The summed E-state index contributed by atoms with van der Waals surface area (Å²) in [5.74, 6) is 0.177. The lowest BCUT2D eigenvalue weighted by molar-refractivity contribution is -0.120. The van der Waals surface area contributed by atoms with E-state index in [1.54, 1.807) is 6.07 Å². The molecule has 1 saturated heterocycles. The highest BCUT2D eigenvalue weighted by Gasteiger charge is 2.20. The lowest BCUT2D eigenvalue weighted by Gasteiger charge is -2.27. The van der Waals surface area contributed by atoms with Gasteiger partial charge in [-0.1, -0.05) is 0 Å². The molecule has 1 fully saturated rings. The second-order valence-corrected chi connectivity index (χ2v) is 6.47. The highest BCUT2D eigenvalue weighted by Crippen LogP contribution is 2.24. The molecule has 2 aromatic rings. The zero-order valence-corrected chi connectivity index (χ0v) is 13.6. The normalized spacial score (nSPS) is 21.5. The van der Waals surface area contributed by atoms with E-state index in [-0.39, 0.29) is 24.2 Å². The number of hydrogen-bond donors (Lipinski definition) is 2. The van der Waals surface area contributed by atoms with Gasteiger partial charge in [0.05, 0.1) is 12.5 Å². The SMILES string of the molecule is Cc1[nH]c2ccc(F)cc2c1CC(=O)NC[C@H]1CCO[C@H](C)C1. The van der Waals surface area contributed by atoms with Gasteiger partial charge in [0.25, 0.3) is 0 Å². The molecule has 23 heavy (non-hydrogen) atoms. The van der Waals surface area contributed by atoms with Crippen LogP contribution < -0.4 is 5.32 Å². The number of carbonyl (C=O) groups excluding carboxylic acids is 1. The van der Waals surface area contributed by atoms with Crippen molar-refractivity contribution in [1.82, 2.24) is 10.3 Å². The van der Waals surface area contributed by atoms with Gasteiger partial charge in [0.2, 0.25) is 5.91 Å². The highest BCUT2D eigenvalue weighted by atomic mass is 19.1. The van der Waals surface area contributed by atoms with E-state index in [0.29, 0.717) is 12.5 Å². The van der Waals surface area contributed by atoms with Crippen molar-refractivity contribution in [3.8, 4) is 0 Å². The molecule has 1 aromatic heterocycles. The molecule has 5 heteroatoms. The number of carbonyl (C=O) groups is 1. The van der Waals surface area contributed by atoms with E-state index in [1.165, 1.54) is 12.1 Å². The summed E-state index contributed by atoms with van der Waals surface area (Å²) >= 11 is 0. The molecule has 1 amide bonds. The summed E-state index contributed by atoms with van der Waals surface area (Å²) in [6.45, 7) is 5.43. The van der Waals surface area contributed by atoms with Crippen molar-refractivity contribution in [3.63, 3.8) is 0 Å². The molecule has 0 bridgehead atoms. The van der Waals surface area contributed by atoms with Crippen molar-refractivity contribution in [3.05, 3.63) is 35.3 Å². The maximum Gasteiger partial charge on any atom is 0.224 e. The smallest absolute Gasteiger partial charge is 0.224 e. The molecular formula is C18H23FN2O2. The first-order chi connectivity index (χ1) is 11.0. The third kappa shape index (κ3) is 3.72. The van der Waals surface area contributed by atoms with Crippen molar-refractivity contribution < 1.29 is 13.9 Å². The Morgan fingerprint density at radius 2 is 2.30 bits per heavy atom. The molecule has 0 aliphatic carbocycles. The van der Waals surface area contributed by atoms with Crippen LogP contribution in [0.25, 0.3) is 10.9 Å². The number of aromatic amines is 1. The maximum atomic E-state index is 13.5. The quantitative estimate of drug-likeness (QED) is 0.910. The number of aryl methyl sites for hydroxylation is 1. The average molecular weight is 318 g/mol. The average Bonchev–Trinajstić information content (AvgIpc) is 2.81. The Balaban J connectivity index is 1.63.